The molecule has 0 aliphatic heterocycles. The lowest BCUT2D eigenvalue weighted by Crippen LogP contribution is -2.29. The Hall–Kier alpha value is -1.99. The van der Waals surface area contributed by atoms with Gasteiger partial charge in [-0.3, -0.25) is 14.2 Å². The van der Waals surface area contributed by atoms with Crippen LogP contribution in [0.25, 0.3) is 10.2 Å². The fraction of sp³-hybridized carbons (Fsp3) is 0.316. The number of hydrogen-bond donors (Lipinski definition) is 0. The number of aryl methyl sites for hydroxylation is 3. The minimum absolute atomic E-state index is 0.00836. The molecule has 0 aliphatic rings. The zero-order valence-electron chi connectivity index (χ0n) is 15.0. The lowest BCUT2D eigenvalue weighted by atomic mass is 10.2. The molecular weight excluding hydrogens is 414 g/mol. The van der Waals surface area contributed by atoms with Crippen LogP contribution in [0.4, 0.5) is 0 Å². The topological polar surface area (TPSA) is 55.2 Å². The predicted octanol–water partition coefficient (Wildman–Crippen LogP) is 3.89. The summed E-state index contributed by atoms with van der Waals surface area (Å²) in [6, 6.07) is 7.83. The minimum Gasteiger partial charge on any atom is -0.341 e. The first-order chi connectivity index (χ1) is 12.4. The van der Waals surface area contributed by atoms with Gasteiger partial charge >= 0.3 is 0 Å². The highest BCUT2D eigenvalue weighted by Crippen LogP contribution is 2.25. The van der Waals surface area contributed by atoms with Crippen molar-refractivity contribution in [1.82, 2.24) is 14.5 Å². The van der Waals surface area contributed by atoms with E-state index in [4.69, 9.17) is 0 Å². The van der Waals surface area contributed by atoms with Gasteiger partial charge < -0.3 is 4.90 Å². The second kappa shape index (κ2) is 7.72. The van der Waals surface area contributed by atoms with Crippen LogP contribution in [0.2, 0.25) is 0 Å². The van der Waals surface area contributed by atoms with Crippen molar-refractivity contribution in [1.29, 1.82) is 0 Å². The van der Waals surface area contributed by atoms with E-state index in [2.05, 4.69) is 20.9 Å². The summed E-state index contributed by atoms with van der Waals surface area (Å²) in [5.41, 5.74) is 1.96. The minimum atomic E-state index is -0.0712. The first-order valence-corrected chi connectivity index (χ1v) is 9.92. The summed E-state index contributed by atoms with van der Waals surface area (Å²) < 4.78 is 2.51. The molecule has 0 aliphatic carbocycles. The highest BCUT2D eigenvalue weighted by molar-refractivity contribution is 9.10. The number of thiophene rings is 1. The molecule has 136 valence electrons. The number of amides is 1. The van der Waals surface area contributed by atoms with Crippen LogP contribution < -0.4 is 5.56 Å². The van der Waals surface area contributed by atoms with E-state index in [-0.39, 0.29) is 17.9 Å². The maximum absolute atomic E-state index is 12.7. The Morgan fingerprint density at radius 2 is 2.04 bits per heavy atom. The molecule has 3 aromatic rings. The summed E-state index contributed by atoms with van der Waals surface area (Å²) in [5, 5.41) is 0.670. The number of aromatic nitrogens is 2. The van der Waals surface area contributed by atoms with Gasteiger partial charge in [-0.2, -0.15) is 0 Å². The van der Waals surface area contributed by atoms with Gasteiger partial charge in [-0.25, -0.2) is 4.98 Å². The number of benzene rings is 1. The van der Waals surface area contributed by atoms with Crippen molar-refractivity contribution in [3.05, 3.63) is 61.4 Å². The molecule has 2 aromatic heterocycles. The Morgan fingerprint density at radius 3 is 2.77 bits per heavy atom. The van der Waals surface area contributed by atoms with E-state index in [9.17, 15) is 9.59 Å². The highest BCUT2D eigenvalue weighted by Gasteiger charge is 2.14. The molecule has 1 aromatic carbocycles. The third kappa shape index (κ3) is 3.73. The number of rotatable bonds is 5. The van der Waals surface area contributed by atoms with Crippen molar-refractivity contribution in [3.8, 4) is 0 Å². The van der Waals surface area contributed by atoms with Crippen molar-refractivity contribution in [2.75, 3.05) is 7.05 Å². The molecule has 26 heavy (non-hydrogen) atoms. The summed E-state index contributed by atoms with van der Waals surface area (Å²) in [7, 11) is 1.78. The molecule has 0 N–H and O–H groups in total. The van der Waals surface area contributed by atoms with Crippen molar-refractivity contribution >= 4 is 43.4 Å². The van der Waals surface area contributed by atoms with Crippen LogP contribution in [0.3, 0.4) is 0 Å². The first kappa shape index (κ1) is 18.8. The van der Waals surface area contributed by atoms with Crippen molar-refractivity contribution in [2.45, 2.75) is 33.4 Å². The molecule has 5 nitrogen and oxygen atoms in total. The summed E-state index contributed by atoms with van der Waals surface area (Å²) >= 11 is 5.03. The SMILES string of the molecule is Cc1sc2ncn(CCC(=O)N(C)Cc3ccccc3Br)c(=O)c2c1C. The second-order valence-corrected chi connectivity index (χ2v) is 8.36. The van der Waals surface area contributed by atoms with Crippen LogP contribution in [0.15, 0.2) is 39.9 Å². The van der Waals surface area contributed by atoms with Gasteiger partial charge in [-0.1, -0.05) is 34.1 Å². The van der Waals surface area contributed by atoms with Crippen molar-refractivity contribution < 1.29 is 4.79 Å². The molecule has 0 fully saturated rings. The smallest absolute Gasteiger partial charge is 0.262 e. The van der Waals surface area contributed by atoms with Gasteiger partial charge in [0.1, 0.15) is 4.83 Å². The Morgan fingerprint density at radius 1 is 1.31 bits per heavy atom. The van der Waals surface area contributed by atoms with E-state index >= 15 is 0 Å². The Balaban J connectivity index is 1.70. The number of nitrogens with zero attached hydrogens (tertiary/aromatic N) is 3. The van der Waals surface area contributed by atoms with Gasteiger partial charge in [0.05, 0.1) is 11.7 Å². The zero-order chi connectivity index (χ0) is 18.8. The molecule has 0 atom stereocenters. The molecular formula is C19H20BrN3O2S. The van der Waals surface area contributed by atoms with Gasteiger partial charge in [0.25, 0.3) is 5.56 Å². The van der Waals surface area contributed by atoms with E-state index < -0.39 is 0 Å². The van der Waals surface area contributed by atoms with Crippen LogP contribution in [-0.2, 0) is 17.9 Å². The monoisotopic (exact) mass is 433 g/mol. The van der Waals surface area contributed by atoms with E-state index in [1.807, 2.05) is 38.1 Å². The molecule has 7 heteroatoms. The zero-order valence-corrected chi connectivity index (χ0v) is 17.4. The Kier molecular flexibility index (Phi) is 5.58. The number of carbonyl (C=O) groups excluding carboxylic acids is 1. The fourth-order valence-electron chi connectivity index (χ4n) is 2.81. The maximum atomic E-state index is 12.7. The standard InChI is InChI=1S/C19H20BrN3O2S/c1-12-13(2)26-18-17(12)19(25)23(11-21-18)9-8-16(24)22(3)10-14-6-4-5-7-15(14)20/h4-7,11H,8-10H2,1-3H3. The average molecular weight is 434 g/mol. The van der Waals surface area contributed by atoms with Crippen molar-refractivity contribution in [2.24, 2.45) is 0 Å². The van der Waals surface area contributed by atoms with E-state index in [0.29, 0.717) is 18.5 Å². The van der Waals surface area contributed by atoms with Gasteiger partial charge in [0.15, 0.2) is 0 Å². The number of fused-ring (bicyclic) bond motifs is 1. The lowest BCUT2D eigenvalue weighted by Gasteiger charge is -2.18. The van der Waals surface area contributed by atoms with Crippen LogP contribution in [-0.4, -0.2) is 27.4 Å². The Bertz CT molecular complexity index is 1030. The van der Waals surface area contributed by atoms with Crippen LogP contribution in [0.1, 0.15) is 22.4 Å². The summed E-state index contributed by atoms with van der Waals surface area (Å²) in [4.78, 5) is 33.1. The summed E-state index contributed by atoms with van der Waals surface area (Å²) in [6.07, 6.45) is 1.80. The van der Waals surface area contributed by atoms with Crippen LogP contribution >= 0.6 is 27.3 Å². The van der Waals surface area contributed by atoms with Crippen LogP contribution in [0.5, 0.6) is 0 Å². The second-order valence-electron chi connectivity index (χ2n) is 6.30. The normalized spacial score (nSPS) is 11.1. The molecule has 0 radical (unpaired) electrons. The fourth-order valence-corrected chi connectivity index (χ4v) is 4.20. The molecule has 0 saturated heterocycles. The van der Waals surface area contributed by atoms with Crippen LogP contribution in [0, 0.1) is 13.8 Å². The van der Waals surface area contributed by atoms with E-state index in [1.54, 1.807) is 18.3 Å². The van der Waals surface area contributed by atoms with Crippen molar-refractivity contribution in [3.63, 3.8) is 0 Å². The lowest BCUT2D eigenvalue weighted by molar-refractivity contribution is -0.130. The Labute approximate surface area is 164 Å². The maximum Gasteiger partial charge on any atom is 0.262 e. The van der Waals surface area contributed by atoms with E-state index in [1.165, 1.54) is 15.9 Å². The van der Waals surface area contributed by atoms with Gasteiger partial charge in [0, 0.05) is 35.9 Å². The van der Waals surface area contributed by atoms with Gasteiger partial charge in [-0.15, -0.1) is 11.3 Å². The summed E-state index contributed by atoms with van der Waals surface area (Å²) in [6.45, 7) is 4.79. The molecule has 0 bridgehead atoms. The molecule has 0 unspecified atom stereocenters. The molecule has 1 amide bonds. The summed E-state index contributed by atoms with van der Waals surface area (Å²) in [5.74, 6) is -0.00836. The third-order valence-electron chi connectivity index (χ3n) is 4.51. The quantitative estimate of drug-likeness (QED) is 0.613. The van der Waals surface area contributed by atoms with Gasteiger partial charge in [0.2, 0.25) is 5.91 Å². The molecule has 0 spiro atoms. The number of hydrogen-bond acceptors (Lipinski definition) is 4. The highest BCUT2D eigenvalue weighted by atomic mass is 79.9. The number of carbonyl (C=O) groups is 1. The molecule has 2 heterocycles. The third-order valence-corrected chi connectivity index (χ3v) is 6.40. The molecule has 0 saturated carbocycles. The predicted molar refractivity (Wildman–Crippen MR) is 109 cm³/mol. The average Bonchev–Trinajstić information content (AvgIpc) is 2.91. The largest absolute Gasteiger partial charge is 0.341 e. The number of halogens is 1. The molecule has 3 rings (SSSR count). The first-order valence-electron chi connectivity index (χ1n) is 8.31. The van der Waals surface area contributed by atoms with Gasteiger partial charge in [-0.05, 0) is 31.0 Å². The van der Waals surface area contributed by atoms with E-state index in [0.717, 1.165) is 25.3 Å².